The van der Waals surface area contributed by atoms with Crippen molar-refractivity contribution >= 4 is 38.3 Å². The van der Waals surface area contributed by atoms with E-state index in [2.05, 4.69) is 0 Å². The average molecular weight is 295 g/mol. The number of carboxylic acids is 1. The van der Waals surface area contributed by atoms with Gasteiger partial charge in [0.1, 0.15) is 6.04 Å². The maximum atomic E-state index is 10.4. The molecule has 1 rings (SSSR count). The zero-order valence-corrected chi connectivity index (χ0v) is 10.5. The third kappa shape index (κ3) is 5.29. The molecule has 0 spiro atoms. The van der Waals surface area contributed by atoms with E-state index in [0.29, 0.717) is 6.42 Å². The van der Waals surface area contributed by atoms with Crippen LogP contribution in [0.2, 0.25) is 0 Å². The van der Waals surface area contributed by atoms with Gasteiger partial charge in [-0.05, 0) is 12.0 Å². The van der Waals surface area contributed by atoms with Gasteiger partial charge in [0.05, 0.1) is 0 Å². The van der Waals surface area contributed by atoms with Crippen LogP contribution >= 0.6 is 0 Å². The summed E-state index contributed by atoms with van der Waals surface area (Å²) in [6.07, 6.45) is 0.385. The van der Waals surface area contributed by atoms with Crippen molar-refractivity contribution in [3.05, 3.63) is 35.9 Å². The molecule has 0 saturated carbocycles. The first-order valence-corrected chi connectivity index (χ1v) is 3.72. The van der Waals surface area contributed by atoms with E-state index >= 15 is 0 Å². The summed E-state index contributed by atoms with van der Waals surface area (Å²) in [6, 6.07) is 8.54. The minimum Gasteiger partial charge on any atom is -0.480 e. The molecular formula is C9H11BNO2Sn. The van der Waals surface area contributed by atoms with Crippen LogP contribution in [-0.4, -0.2) is 49.4 Å². The molecule has 0 saturated heterocycles. The van der Waals surface area contributed by atoms with E-state index in [0.717, 1.165) is 5.56 Å². The molecule has 0 heterocycles. The van der Waals surface area contributed by atoms with E-state index in [4.69, 9.17) is 10.8 Å². The number of hydrogen-bond donors (Lipinski definition) is 2. The van der Waals surface area contributed by atoms with Gasteiger partial charge in [-0.1, -0.05) is 30.3 Å². The van der Waals surface area contributed by atoms with Gasteiger partial charge in [-0.2, -0.15) is 0 Å². The third-order valence-corrected chi connectivity index (χ3v) is 1.62. The van der Waals surface area contributed by atoms with Gasteiger partial charge in [-0.25, -0.2) is 0 Å². The zero-order valence-electron chi connectivity index (χ0n) is 7.68. The van der Waals surface area contributed by atoms with Crippen LogP contribution in [0.25, 0.3) is 0 Å². The van der Waals surface area contributed by atoms with Crippen molar-refractivity contribution in [1.29, 1.82) is 0 Å². The summed E-state index contributed by atoms with van der Waals surface area (Å²) in [5, 5.41) is 8.52. The Balaban J connectivity index is 0. The summed E-state index contributed by atoms with van der Waals surface area (Å²) >= 11 is 0. The molecule has 71 valence electrons. The molecular weight excluding hydrogens is 284 g/mol. The summed E-state index contributed by atoms with van der Waals surface area (Å²) in [5.41, 5.74) is 6.30. The maximum absolute atomic E-state index is 10.4. The van der Waals surface area contributed by atoms with Crippen LogP contribution in [-0.2, 0) is 11.2 Å². The van der Waals surface area contributed by atoms with E-state index in [1.807, 2.05) is 30.3 Å². The first-order valence-electron chi connectivity index (χ1n) is 3.72. The second-order valence-electron chi connectivity index (χ2n) is 2.63. The first-order chi connectivity index (χ1) is 5.70. The summed E-state index contributed by atoms with van der Waals surface area (Å²) in [4.78, 5) is 10.4. The molecule has 1 aromatic carbocycles. The first kappa shape index (κ1) is 16.0. The fourth-order valence-electron chi connectivity index (χ4n) is 0.955. The number of hydrogen-bond acceptors (Lipinski definition) is 2. The number of nitrogens with two attached hydrogens (primary N) is 1. The summed E-state index contributed by atoms with van der Waals surface area (Å²) in [6.45, 7) is 0. The Morgan fingerprint density at radius 1 is 1.36 bits per heavy atom. The summed E-state index contributed by atoms with van der Waals surface area (Å²) < 4.78 is 0. The molecule has 0 aliphatic rings. The minimum atomic E-state index is -0.959. The fraction of sp³-hybridized carbons (Fsp3) is 0.222. The smallest absolute Gasteiger partial charge is 0.320 e. The van der Waals surface area contributed by atoms with Crippen molar-refractivity contribution in [2.75, 3.05) is 0 Å². The van der Waals surface area contributed by atoms with Crippen LogP contribution in [0, 0.1) is 0 Å². The number of carboxylic acid groups (broad SMARTS) is 1. The van der Waals surface area contributed by atoms with Gasteiger partial charge >= 0.3 is 5.97 Å². The maximum Gasteiger partial charge on any atom is 0.320 e. The molecule has 0 aromatic heterocycles. The molecule has 0 aliphatic carbocycles. The minimum absolute atomic E-state index is 0. The largest absolute Gasteiger partial charge is 0.480 e. The molecule has 0 amide bonds. The third-order valence-electron chi connectivity index (χ3n) is 1.62. The Morgan fingerprint density at radius 3 is 2.29 bits per heavy atom. The number of benzene rings is 1. The number of aliphatic carboxylic acids is 1. The van der Waals surface area contributed by atoms with Gasteiger partial charge in [0.25, 0.3) is 0 Å². The van der Waals surface area contributed by atoms with E-state index in [1.54, 1.807) is 0 Å². The van der Waals surface area contributed by atoms with Gasteiger partial charge in [0.2, 0.25) is 0 Å². The molecule has 0 fully saturated rings. The monoisotopic (exact) mass is 296 g/mol. The molecule has 0 aliphatic heterocycles. The van der Waals surface area contributed by atoms with Crippen molar-refractivity contribution in [2.45, 2.75) is 12.5 Å². The van der Waals surface area contributed by atoms with Gasteiger partial charge in [-0.3, -0.25) is 4.79 Å². The Morgan fingerprint density at radius 2 is 1.86 bits per heavy atom. The Hall–Kier alpha value is -0.486. The quantitative estimate of drug-likeness (QED) is 0.764. The molecule has 5 heteroatoms. The van der Waals surface area contributed by atoms with E-state index < -0.39 is 12.0 Å². The van der Waals surface area contributed by atoms with Crippen molar-refractivity contribution < 1.29 is 9.90 Å². The van der Waals surface area contributed by atoms with Crippen molar-refractivity contribution in [3.8, 4) is 0 Å². The van der Waals surface area contributed by atoms with E-state index in [-0.39, 0.29) is 32.3 Å². The van der Waals surface area contributed by atoms with Gasteiger partial charge in [-0.15, -0.1) is 0 Å². The van der Waals surface area contributed by atoms with Gasteiger partial charge < -0.3 is 10.8 Å². The zero-order chi connectivity index (χ0) is 8.97. The normalized spacial score (nSPS) is 10.6. The SMILES string of the molecule is N[C@@H](Cc1ccccc1)C(=O)O.[B].[Sn]. The van der Waals surface area contributed by atoms with Crippen molar-refractivity contribution in [3.63, 3.8) is 0 Å². The Labute approximate surface area is 102 Å². The molecule has 7 radical (unpaired) electrons. The molecule has 0 bridgehead atoms. The summed E-state index contributed by atoms with van der Waals surface area (Å²) in [5.74, 6) is -0.959. The molecule has 3 N–H and O–H groups in total. The van der Waals surface area contributed by atoms with Crippen LogP contribution in [0.15, 0.2) is 30.3 Å². The fourth-order valence-corrected chi connectivity index (χ4v) is 0.955. The van der Waals surface area contributed by atoms with E-state index in [9.17, 15) is 4.79 Å². The van der Waals surface area contributed by atoms with Gasteiger partial charge in [0.15, 0.2) is 0 Å². The van der Waals surface area contributed by atoms with Crippen LogP contribution in [0.5, 0.6) is 0 Å². The van der Waals surface area contributed by atoms with Crippen LogP contribution in [0.4, 0.5) is 0 Å². The molecule has 1 aromatic rings. The van der Waals surface area contributed by atoms with Crippen LogP contribution < -0.4 is 5.73 Å². The number of carbonyl (C=O) groups is 1. The van der Waals surface area contributed by atoms with Crippen LogP contribution in [0.1, 0.15) is 5.56 Å². The standard InChI is InChI=1S/C9H11NO2.B.Sn/c10-8(9(11)12)6-7-4-2-1-3-5-7;;/h1-5,8H,6,10H2,(H,11,12);;/t8-;;/m0../s1. The van der Waals surface area contributed by atoms with Crippen molar-refractivity contribution in [1.82, 2.24) is 0 Å². The van der Waals surface area contributed by atoms with Crippen LogP contribution in [0.3, 0.4) is 0 Å². The summed E-state index contributed by atoms with van der Waals surface area (Å²) in [7, 11) is 0. The topological polar surface area (TPSA) is 63.3 Å². The Bertz CT molecular complexity index is 269. The Kier molecular flexibility index (Phi) is 8.98. The second-order valence-corrected chi connectivity index (χ2v) is 2.63. The predicted octanol–water partition coefficient (Wildman–Crippen LogP) is -0.121. The van der Waals surface area contributed by atoms with E-state index in [1.165, 1.54) is 0 Å². The van der Waals surface area contributed by atoms with Crippen molar-refractivity contribution in [2.24, 2.45) is 5.73 Å². The average Bonchev–Trinajstić information content (AvgIpc) is 2.06. The second kappa shape index (κ2) is 7.88. The van der Waals surface area contributed by atoms with Gasteiger partial charge in [0, 0.05) is 32.3 Å². The predicted molar refractivity (Wildman–Crippen MR) is 57.3 cm³/mol. The molecule has 14 heavy (non-hydrogen) atoms. The molecule has 3 nitrogen and oxygen atoms in total. The molecule has 1 atom stereocenters. The number of rotatable bonds is 3. The molecule has 0 unspecified atom stereocenters.